The molecule has 0 unspecified atom stereocenters. The summed E-state index contributed by atoms with van der Waals surface area (Å²) in [6.07, 6.45) is 2.13. The molecule has 1 fully saturated rings. The van der Waals surface area contributed by atoms with Gasteiger partial charge < -0.3 is 15.0 Å². The third-order valence-electron chi connectivity index (χ3n) is 4.36. The number of carbonyl (C=O) groups excluding carboxylic acids is 2. The first-order chi connectivity index (χ1) is 13.1. The molecule has 0 aromatic heterocycles. The summed E-state index contributed by atoms with van der Waals surface area (Å²) in [5.74, 6) is 0.418. The molecule has 1 aliphatic rings. The van der Waals surface area contributed by atoms with Gasteiger partial charge in [-0.25, -0.2) is 0 Å². The predicted molar refractivity (Wildman–Crippen MR) is 108 cm³/mol. The van der Waals surface area contributed by atoms with E-state index in [1.165, 1.54) is 0 Å². The fourth-order valence-electron chi connectivity index (χ4n) is 2.88. The predicted octanol–water partition coefficient (Wildman–Crippen LogP) is 3.06. The largest absolute Gasteiger partial charge is 0.497 e. The lowest BCUT2D eigenvalue weighted by Gasteiger charge is -2.15. The van der Waals surface area contributed by atoms with Crippen molar-refractivity contribution in [3.05, 3.63) is 59.7 Å². The summed E-state index contributed by atoms with van der Waals surface area (Å²) in [4.78, 5) is 26.4. The van der Waals surface area contributed by atoms with E-state index >= 15 is 0 Å². The van der Waals surface area contributed by atoms with Gasteiger partial charge in [0, 0.05) is 29.9 Å². The Balaban J connectivity index is 1.55. The summed E-state index contributed by atoms with van der Waals surface area (Å²) >= 11 is 5.19. The number of hydrogen-bond acceptors (Lipinski definition) is 4. The van der Waals surface area contributed by atoms with Crippen molar-refractivity contribution >= 4 is 34.8 Å². The van der Waals surface area contributed by atoms with Gasteiger partial charge in [0.2, 0.25) is 0 Å². The molecule has 1 saturated heterocycles. The van der Waals surface area contributed by atoms with Gasteiger partial charge in [-0.15, -0.1) is 0 Å². The van der Waals surface area contributed by atoms with Gasteiger partial charge in [-0.2, -0.15) is 0 Å². The maximum atomic E-state index is 12.3. The number of benzene rings is 2. The first-order valence-electron chi connectivity index (χ1n) is 8.72. The zero-order valence-corrected chi connectivity index (χ0v) is 15.8. The summed E-state index contributed by atoms with van der Waals surface area (Å²) in [7, 11) is 1.57. The van der Waals surface area contributed by atoms with Crippen molar-refractivity contribution in [3.63, 3.8) is 0 Å². The fourth-order valence-corrected chi connectivity index (χ4v) is 3.09. The normalized spacial score (nSPS) is 13.1. The number of ether oxygens (including phenoxy) is 1. The number of amides is 2. The zero-order valence-electron chi connectivity index (χ0n) is 15.0. The highest BCUT2D eigenvalue weighted by Crippen LogP contribution is 2.16. The van der Waals surface area contributed by atoms with Crippen LogP contribution in [0.1, 0.15) is 33.6 Å². The van der Waals surface area contributed by atoms with E-state index in [1.54, 1.807) is 55.6 Å². The zero-order chi connectivity index (χ0) is 19.2. The van der Waals surface area contributed by atoms with Gasteiger partial charge in [-0.3, -0.25) is 14.9 Å². The molecule has 2 aromatic carbocycles. The number of carbonyl (C=O) groups is 2. The Morgan fingerprint density at radius 1 is 0.963 bits per heavy atom. The highest BCUT2D eigenvalue weighted by molar-refractivity contribution is 7.80. The van der Waals surface area contributed by atoms with Crippen molar-refractivity contribution in [2.45, 2.75) is 12.8 Å². The number of methoxy groups -OCH3 is 1. The number of rotatable bonds is 4. The van der Waals surface area contributed by atoms with Crippen molar-refractivity contribution in [2.75, 3.05) is 25.5 Å². The molecule has 1 aliphatic heterocycles. The van der Waals surface area contributed by atoms with Gasteiger partial charge in [0.1, 0.15) is 5.75 Å². The minimum atomic E-state index is -0.309. The third-order valence-corrected chi connectivity index (χ3v) is 4.57. The number of likely N-dealkylation sites (tertiary alicyclic amines) is 1. The lowest BCUT2D eigenvalue weighted by Crippen LogP contribution is -2.34. The summed E-state index contributed by atoms with van der Waals surface area (Å²) in [6, 6.07) is 13.8. The Morgan fingerprint density at radius 2 is 1.56 bits per heavy atom. The van der Waals surface area contributed by atoms with Crippen LogP contribution in [0.5, 0.6) is 5.75 Å². The Morgan fingerprint density at radius 3 is 2.15 bits per heavy atom. The van der Waals surface area contributed by atoms with Gasteiger partial charge in [0.15, 0.2) is 5.11 Å². The Hall–Kier alpha value is -2.93. The molecular weight excluding hydrogens is 362 g/mol. The van der Waals surface area contributed by atoms with Crippen molar-refractivity contribution in [3.8, 4) is 5.75 Å². The Labute approximate surface area is 163 Å². The molecule has 0 radical (unpaired) electrons. The second kappa shape index (κ2) is 8.64. The SMILES string of the molecule is COc1ccc(C(=O)NC(=S)Nc2ccc(C(=O)N3CCCC3)cc2)cc1. The van der Waals surface area contributed by atoms with Crippen LogP contribution < -0.4 is 15.4 Å². The topological polar surface area (TPSA) is 70.7 Å². The molecule has 7 heteroatoms. The fraction of sp³-hybridized carbons (Fsp3) is 0.250. The lowest BCUT2D eigenvalue weighted by atomic mass is 10.2. The minimum absolute atomic E-state index is 0.0504. The van der Waals surface area contributed by atoms with Crippen LogP contribution in [0.15, 0.2) is 48.5 Å². The molecule has 0 atom stereocenters. The summed E-state index contributed by atoms with van der Waals surface area (Å²) < 4.78 is 5.07. The first kappa shape index (κ1) is 18.8. The highest BCUT2D eigenvalue weighted by atomic mass is 32.1. The molecule has 0 bridgehead atoms. The van der Waals surface area contributed by atoms with Gasteiger partial charge in [0.25, 0.3) is 11.8 Å². The number of nitrogens with one attached hydrogen (secondary N) is 2. The van der Waals surface area contributed by atoms with E-state index in [2.05, 4.69) is 10.6 Å². The molecule has 140 valence electrons. The molecule has 2 amide bonds. The van der Waals surface area contributed by atoms with Crippen LogP contribution in [0.25, 0.3) is 0 Å². The van der Waals surface area contributed by atoms with Crippen LogP contribution in [-0.4, -0.2) is 42.0 Å². The Bertz CT molecular complexity index is 829. The van der Waals surface area contributed by atoms with E-state index in [4.69, 9.17) is 17.0 Å². The Kier molecular flexibility index (Phi) is 6.03. The van der Waals surface area contributed by atoms with Gasteiger partial charge in [0.05, 0.1) is 7.11 Å². The number of nitrogens with zero attached hydrogens (tertiary/aromatic N) is 1. The van der Waals surface area contributed by atoms with Crippen LogP contribution in [0.4, 0.5) is 5.69 Å². The van der Waals surface area contributed by atoms with Crippen molar-refractivity contribution < 1.29 is 14.3 Å². The second-order valence-electron chi connectivity index (χ2n) is 6.21. The third kappa shape index (κ3) is 4.83. The molecule has 0 spiro atoms. The van der Waals surface area contributed by atoms with E-state index in [-0.39, 0.29) is 16.9 Å². The van der Waals surface area contributed by atoms with E-state index in [1.807, 2.05) is 4.90 Å². The van der Waals surface area contributed by atoms with Gasteiger partial charge in [-0.1, -0.05) is 0 Å². The molecule has 6 nitrogen and oxygen atoms in total. The standard InChI is InChI=1S/C20H21N3O3S/c1-26-17-10-6-14(7-11-17)18(24)22-20(27)21-16-8-4-15(5-9-16)19(25)23-12-2-3-13-23/h4-11H,2-3,12-13H2,1H3,(H2,21,22,24,27). The monoisotopic (exact) mass is 383 g/mol. The maximum absolute atomic E-state index is 12.3. The average Bonchev–Trinajstić information content (AvgIpc) is 3.23. The molecule has 3 rings (SSSR count). The van der Waals surface area contributed by atoms with Crippen molar-refractivity contribution in [1.82, 2.24) is 10.2 Å². The number of anilines is 1. The summed E-state index contributed by atoms with van der Waals surface area (Å²) in [5.41, 5.74) is 1.83. The molecular formula is C20H21N3O3S. The lowest BCUT2D eigenvalue weighted by molar-refractivity contribution is 0.0792. The molecule has 27 heavy (non-hydrogen) atoms. The van der Waals surface area contributed by atoms with Crippen LogP contribution in [0.3, 0.4) is 0 Å². The molecule has 0 saturated carbocycles. The molecule has 2 N–H and O–H groups in total. The number of hydrogen-bond donors (Lipinski definition) is 2. The van der Waals surface area contributed by atoms with Crippen LogP contribution in [0.2, 0.25) is 0 Å². The van der Waals surface area contributed by atoms with Gasteiger partial charge >= 0.3 is 0 Å². The van der Waals surface area contributed by atoms with Crippen LogP contribution >= 0.6 is 12.2 Å². The minimum Gasteiger partial charge on any atom is -0.497 e. The number of thiocarbonyl (C=S) groups is 1. The summed E-state index contributed by atoms with van der Waals surface area (Å²) in [6.45, 7) is 1.64. The van der Waals surface area contributed by atoms with Gasteiger partial charge in [-0.05, 0) is 73.6 Å². The van der Waals surface area contributed by atoms with E-state index in [0.717, 1.165) is 25.9 Å². The smallest absolute Gasteiger partial charge is 0.257 e. The van der Waals surface area contributed by atoms with Crippen LogP contribution in [0, 0.1) is 0 Å². The molecule has 0 aliphatic carbocycles. The van der Waals surface area contributed by atoms with Crippen molar-refractivity contribution in [1.29, 1.82) is 0 Å². The van der Waals surface area contributed by atoms with E-state index in [9.17, 15) is 9.59 Å². The first-order valence-corrected chi connectivity index (χ1v) is 9.13. The van der Waals surface area contributed by atoms with Crippen molar-refractivity contribution in [2.24, 2.45) is 0 Å². The molecule has 1 heterocycles. The average molecular weight is 383 g/mol. The molecule has 2 aromatic rings. The van der Waals surface area contributed by atoms with E-state index in [0.29, 0.717) is 22.6 Å². The van der Waals surface area contributed by atoms with E-state index < -0.39 is 0 Å². The highest BCUT2D eigenvalue weighted by Gasteiger charge is 2.19. The quantitative estimate of drug-likeness (QED) is 0.794. The summed E-state index contributed by atoms with van der Waals surface area (Å²) in [5, 5.41) is 5.77. The van der Waals surface area contributed by atoms with Crippen LogP contribution in [-0.2, 0) is 0 Å². The maximum Gasteiger partial charge on any atom is 0.257 e. The second-order valence-corrected chi connectivity index (χ2v) is 6.62.